The Bertz CT molecular complexity index is 704. The van der Waals surface area contributed by atoms with Crippen LogP contribution in [0, 0.1) is 5.82 Å². The van der Waals surface area contributed by atoms with Gasteiger partial charge in [0.05, 0.1) is 0 Å². The van der Waals surface area contributed by atoms with Crippen LogP contribution < -0.4 is 19.9 Å². The highest BCUT2D eigenvalue weighted by atomic mass is 19.1. The molecule has 2 heterocycles. The lowest BCUT2D eigenvalue weighted by Crippen LogP contribution is -2.24. The summed E-state index contributed by atoms with van der Waals surface area (Å²) in [5.41, 5.74) is 7.84. The minimum Gasteiger partial charge on any atom is -0.485 e. The van der Waals surface area contributed by atoms with Gasteiger partial charge in [0, 0.05) is 18.0 Å². The van der Waals surface area contributed by atoms with Crippen molar-refractivity contribution < 1.29 is 18.6 Å². The predicted molar refractivity (Wildman–Crippen MR) is 73.9 cm³/mol. The van der Waals surface area contributed by atoms with Crippen LogP contribution in [-0.2, 0) is 0 Å². The molecule has 2 aromatic rings. The normalized spacial score (nSPS) is 22.6. The van der Waals surface area contributed by atoms with Gasteiger partial charge in [-0.1, -0.05) is 6.07 Å². The molecule has 2 aromatic carbocycles. The van der Waals surface area contributed by atoms with E-state index in [-0.39, 0.29) is 24.8 Å². The third-order valence-electron chi connectivity index (χ3n) is 3.88. The highest BCUT2D eigenvalue weighted by Crippen LogP contribution is 2.42. The van der Waals surface area contributed by atoms with E-state index < -0.39 is 0 Å². The third kappa shape index (κ3) is 2.10. The van der Waals surface area contributed by atoms with E-state index in [0.29, 0.717) is 17.7 Å². The molecule has 0 saturated carbocycles. The molecular formula is C16H14FNO3. The van der Waals surface area contributed by atoms with Crippen molar-refractivity contribution in [3.05, 3.63) is 53.3 Å². The first-order valence-corrected chi connectivity index (χ1v) is 6.82. The fourth-order valence-electron chi connectivity index (χ4n) is 2.79. The highest BCUT2D eigenvalue weighted by molar-refractivity contribution is 5.46. The lowest BCUT2D eigenvalue weighted by Gasteiger charge is -2.30. The first-order chi connectivity index (χ1) is 10.2. The predicted octanol–water partition coefficient (Wildman–Crippen LogP) is 3.08. The molecular weight excluding hydrogens is 273 g/mol. The summed E-state index contributed by atoms with van der Waals surface area (Å²) in [4.78, 5) is 0. The third-order valence-corrected chi connectivity index (χ3v) is 3.88. The molecule has 2 aliphatic heterocycles. The molecule has 0 fully saturated rings. The molecule has 2 N–H and O–H groups in total. The molecule has 5 heteroatoms. The van der Waals surface area contributed by atoms with Gasteiger partial charge >= 0.3 is 0 Å². The van der Waals surface area contributed by atoms with Crippen molar-refractivity contribution in [2.45, 2.75) is 18.6 Å². The molecule has 2 aliphatic rings. The smallest absolute Gasteiger partial charge is 0.231 e. The second-order valence-corrected chi connectivity index (χ2v) is 5.24. The topological polar surface area (TPSA) is 53.7 Å². The number of rotatable bonds is 1. The molecule has 0 aromatic heterocycles. The van der Waals surface area contributed by atoms with Crippen LogP contribution in [0.15, 0.2) is 36.4 Å². The van der Waals surface area contributed by atoms with E-state index in [1.165, 1.54) is 12.1 Å². The SMILES string of the molecule is N[C@H]1CC(c2ccc3c(c2)OCO3)Oc2ccc(F)cc21. The molecule has 0 aliphatic carbocycles. The molecule has 2 atom stereocenters. The van der Waals surface area contributed by atoms with E-state index in [1.807, 2.05) is 18.2 Å². The van der Waals surface area contributed by atoms with E-state index in [4.69, 9.17) is 19.9 Å². The summed E-state index contributed by atoms with van der Waals surface area (Å²) in [6.45, 7) is 0.242. The molecule has 21 heavy (non-hydrogen) atoms. The van der Waals surface area contributed by atoms with Crippen LogP contribution in [0.5, 0.6) is 17.2 Å². The van der Waals surface area contributed by atoms with Crippen molar-refractivity contribution in [3.63, 3.8) is 0 Å². The van der Waals surface area contributed by atoms with Gasteiger partial charge in [0.1, 0.15) is 17.7 Å². The zero-order chi connectivity index (χ0) is 14.4. The summed E-state index contributed by atoms with van der Waals surface area (Å²) in [5, 5.41) is 0. The fraction of sp³-hybridized carbons (Fsp3) is 0.250. The maximum absolute atomic E-state index is 13.3. The zero-order valence-corrected chi connectivity index (χ0v) is 11.2. The van der Waals surface area contributed by atoms with Gasteiger partial charge in [0.25, 0.3) is 0 Å². The Morgan fingerprint density at radius 2 is 1.81 bits per heavy atom. The summed E-state index contributed by atoms with van der Waals surface area (Å²) in [5.74, 6) is 1.79. The van der Waals surface area contributed by atoms with Crippen molar-refractivity contribution in [2.75, 3.05) is 6.79 Å². The molecule has 108 valence electrons. The first kappa shape index (κ1) is 12.5. The number of fused-ring (bicyclic) bond motifs is 2. The minimum absolute atomic E-state index is 0.174. The number of benzene rings is 2. The van der Waals surface area contributed by atoms with Gasteiger partial charge in [-0.2, -0.15) is 0 Å². The summed E-state index contributed by atoms with van der Waals surface area (Å²) in [6.07, 6.45) is 0.420. The van der Waals surface area contributed by atoms with Crippen molar-refractivity contribution in [3.8, 4) is 17.2 Å². The van der Waals surface area contributed by atoms with E-state index in [2.05, 4.69) is 0 Å². The van der Waals surface area contributed by atoms with Gasteiger partial charge in [-0.25, -0.2) is 4.39 Å². The monoisotopic (exact) mass is 287 g/mol. The van der Waals surface area contributed by atoms with Crippen LogP contribution in [0.4, 0.5) is 4.39 Å². The lowest BCUT2D eigenvalue weighted by molar-refractivity contribution is 0.160. The number of nitrogens with two attached hydrogens (primary N) is 1. The van der Waals surface area contributed by atoms with Crippen LogP contribution in [0.3, 0.4) is 0 Å². The minimum atomic E-state index is -0.297. The van der Waals surface area contributed by atoms with Crippen molar-refractivity contribution in [1.29, 1.82) is 0 Å². The highest BCUT2D eigenvalue weighted by Gasteiger charge is 2.28. The number of halogens is 1. The first-order valence-electron chi connectivity index (χ1n) is 6.82. The molecule has 1 unspecified atom stereocenters. The summed E-state index contributed by atoms with van der Waals surface area (Å²) in [6, 6.07) is 9.92. The maximum Gasteiger partial charge on any atom is 0.231 e. The van der Waals surface area contributed by atoms with Gasteiger partial charge in [-0.3, -0.25) is 0 Å². The maximum atomic E-state index is 13.3. The van der Waals surface area contributed by atoms with Gasteiger partial charge in [-0.15, -0.1) is 0 Å². The molecule has 0 amide bonds. The second-order valence-electron chi connectivity index (χ2n) is 5.24. The molecule has 0 spiro atoms. The largest absolute Gasteiger partial charge is 0.485 e. The Kier molecular flexibility index (Phi) is 2.75. The molecule has 4 nitrogen and oxygen atoms in total. The van der Waals surface area contributed by atoms with E-state index >= 15 is 0 Å². The number of ether oxygens (including phenoxy) is 3. The van der Waals surface area contributed by atoms with Crippen LogP contribution in [0.25, 0.3) is 0 Å². The molecule has 0 saturated heterocycles. The van der Waals surface area contributed by atoms with Gasteiger partial charge in [0.2, 0.25) is 6.79 Å². The molecule has 4 rings (SSSR count). The Morgan fingerprint density at radius 3 is 2.71 bits per heavy atom. The van der Waals surface area contributed by atoms with Gasteiger partial charge in [-0.05, 0) is 35.9 Å². The Balaban J connectivity index is 1.67. The van der Waals surface area contributed by atoms with Crippen LogP contribution in [-0.4, -0.2) is 6.79 Å². The van der Waals surface area contributed by atoms with Gasteiger partial charge in [0.15, 0.2) is 11.5 Å². The molecule has 0 radical (unpaired) electrons. The van der Waals surface area contributed by atoms with Crippen molar-refractivity contribution in [2.24, 2.45) is 5.73 Å². The summed E-state index contributed by atoms with van der Waals surface area (Å²) < 4.78 is 29.9. The van der Waals surface area contributed by atoms with E-state index in [1.54, 1.807) is 6.07 Å². The average Bonchev–Trinajstić information content (AvgIpc) is 2.95. The Hall–Kier alpha value is -2.27. The lowest BCUT2D eigenvalue weighted by atomic mass is 9.93. The zero-order valence-electron chi connectivity index (χ0n) is 11.2. The van der Waals surface area contributed by atoms with Crippen molar-refractivity contribution >= 4 is 0 Å². The van der Waals surface area contributed by atoms with Crippen molar-refractivity contribution in [1.82, 2.24) is 0 Å². The van der Waals surface area contributed by atoms with E-state index in [9.17, 15) is 4.39 Å². The number of hydrogen-bond donors (Lipinski definition) is 1. The second kappa shape index (κ2) is 4.63. The average molecular weight is 287 g/mol. The summed E-state index contributed by atoms with van der Waals surface area (Å²) in [7, 11) is 0. The molecule has 0 bridgehead atoms. The van der Waals surface area contributed by atoms with Gasteiger partial charge < -0.3 is 19.9 Å². The fourth-order valence-corrected chi connectivity index (χ4v) is 2.79. The summed E-state index contributed by atoms with van der Waals surface area (Å²) >= 11 is 0. The Morgan fingerprint density at radius 1 is 1.00 bits per heavy atom. The standard InChI is InChI=1S/C16H14FNO3/c17-10-2-4-13-11(6-10)12(18)7-15(21-13)9-1-3-14-16(5-9)20-8-19-14/h1-6,12,15H,7-8,18H2/t12-,15?/m0/s1. The van der Waals surface area contributed by atoms with Crippen LogP contribution in [0.2, 0.25) is 0 Å². The Labute approximate surface area is 121 Å². The number of hydrogen-bond acceptors (Lipinski definition) is 4. The van der Waals surface area contributed by atoms with E-state index in [0.717, 1.165) is 17.1 Å². The van der Waals surface area contributed by atoms with Crippen LogP contribution >= 0.6 is 0 Å². The quantitative estimate of drug-likeness (QED) is 0.875. The van der Waals surface area contributed by atoms with Crippen LogP contribution in [0.1, 0.15) is 29.7 Å².